The Balaban J connectivity index is -0.000000110. The highest BCUT2D eigenvalue weighted by Crippen LogP contribution is 2.11. The van der Waals surface area contributed by atoms with Crippen molar-refractivity contribution in [2.24, 2.45) is 0 Å². The van der Waals surface area contributed by atoms with Gasteiger partial charge >= 0.3 is 0 Å². The number of aliphatic hydroxyl groups excluding tert-OH is 3. The molecule has 0 radical (unpaired) electrons. The molecule has 0 spiro atoms. The van der Waals surface area contributed by atoms with Crippen LogP contribution in [0.2, 0.25) is 0 Å². The van der Waals surface area contributed by atoms with Crippen molar-refractivity contribution in [2.45, 2.75) is 55.4 Å². The highest BCUT2D eigenvalue weighted by Gasteiger charge is 1.86. The van der Waals surface area contributed by atoms with Crippen molar-refractivity contribution in [3.05, 3.63) is 97.1 Å². The highest BCUT2D eigenvalue weighted by atomic mass is 16.2. The van der Waals surface area contributed by atoms with E-state index in [9.17, 15) is 0 Å². The van der Waals surface area contributed by atoms with Crippen LogP contribution < -0.4 is 0 Å². The fourth-order valence-corrected chi connectivity index (χ4v) is 2.27. The summed E-state index contributed by atoms with van der Waals surface area (Å²) in [7, 11) is 3.00. The van der Waals surface area contributed by atoms with E-state index in [2.05, 4.69) is 97.1 Å². The van der Waals surface area contributed by atoms with Gasteiger partial charge in [0.05, 0.1) is 0 Å². The summed E-state index contributed by atoms with van der Waals surface area (Å²) in [5.41, 5.74) is 0. The summed E-state index contributed by atoms with van der Waals surface area (Å²) >= 11 is 0. The fourth-order valence-electron chi connectivity index (χ4n) is 2.27. The summed E-state index contributed by atoms with van der Waals surface area (Å²) in [6.45, 7) is 16.0. The van der Waals surface area contributed by atoms with Gasteiger partial charge in [-0.3, -0.25) is 0 Å². The topological polar surface area (TPSA) is 60.7 Å². The van der Waals surface area contributed by atoms with Gasteiger partial charge in [-0.15, -0.1) is 0 Å². The largest absolute Gasteiger partial charge is 0.400 e. The lowest BCUT2D eigenvalue weighted by molar-refractivity contribution is 0.399. The Hall–Kier alpha value is -2.72. The third-order valence-corrected chi connectivity index (χ3v) is 3.32. The molecular formula is C31H52O3. The SMILES string of the molecule is CC.CC.CC.CC.CO.CO.CO.c1ccc2ccccc2c1.c1ccc2ccccc2c1. The van der Waals surface area contributed by atoms with Gasteiger partial charge in [-0.05, 0) is 21.5 Å². The van der Waals surface area contributed by atoms with E-state index in [1.165, 1.54) is 21.5 Å². The molecule has 0 aliphatic rings. The molecule has 3 N–H and O–H groups in total. The summed E-state index contributed by atoms with van der Waals surface area (Å²) in [5.74, 6) is 0. The average Bonchev–Trinajstić information content (AvgIpc) is 3.01. The third kappa shape index (κ3) is 21.1. The Bertz CT molecular complexity index is 628. The van der Waals surface area contributed by atoms with Crippen molar-refractivity contribution in [3.8, 4) is 0 Å². The van der Waals surface area contributed by atoms with Crippen LogP contribution in [0.25, 0.3) is 21.5 Å². The first-order valence-corrected chi connectivity index (χ1v) is 12.2. The van der Waals surface area contributed by atoms with Gasteiger partial charge in [0.1, 0.15) is 0 Å². The van der Waals surface area contributed by atoms with E-state index < -0.39 is 0 Å². The second-order valence-corrected chi connectivity index (χ2v) is 4.69. The standard InChI is InChI=1S/2C10H8.4C2H6.3CH4O/c2*1-2-6-10-8-4-3-7-9(10)5-1;7*1-2/h2*1-8H;4*1-2H3;3*2H,1H3. The number of aliphatic hydroxyl groups is 3. The highest BCUT2D eigenvalue weighted by molar-refractivity contribution is 5.82. The number of rotatable bonds is 0. The summed E-state index contributed by atoms with van der Waals surface area (Å²) in [5, 5.41) is 26.2. The minimum absolute atomic E-state index is 1.00. The van der Waals surface area contributed by atoms with Gasteiger partial charge in [0.2, 0.25) is 0 Å². The van der Waals surface area contributed by atoms with E-state index in [0.717, 1.165) is 21.3 Å². The monoisotopic (exact) mass is 472 g/mol. The lowest BCUT2D eigenvalue weighted by Gasteiger charge is -1.92. The Morgan fingerprint density at radius 1 is 0.265 bits per heavy atom. The predicted octanol–water partition coefficient (Wildman–Crippen LogP) is 8.61. The molecule has 0 aromatic heterocycles. The molecule has 4 aromatic carbocycles. The van der Waals surface area contributed by atoms with Crippen LogP contribution in [0.4, 0.5) is 0 Å². The molecule has 4 rings (SSSR count). The number of hydrogen-bond acceptors (Lipinski definition) is 3. The van der Waals surface area contributed by atoms with E-state index >= 15 is 0 Å². The lowest BCUT2D eigenvalue weighted by atomic mass is 10.1. The van der Waals surface area contributed by atoms with E-state index in [1.807, 2.05) is 55.4 Å². The molecule has 0 fully saturated rings. The Morgan fingerprint density at radius 3 is 0.441 bits per heavy atom. The molecular weight excluding hydrogens is 420 g/mol. The molecule has 0 atom stereocenters. The zero-order valence-corrected chi connectivity index (χ0v) is 23.6. The molecule has 194 valence electrons. The van der Waals surface area contributed by atoms with Crippen molar-refractivity contribution in [3.63, 3.8) is 0 Å². The Morgan fingerprint density at radius 2 is 0.353 bits per heavy atom. The summed E-state index contributed by atoms with van der Waals surface area (Å²) < 4.78 is 0. The van der Waals surface area contributed by atoms with Crippen LogP contribution in [0.15, 0.2) is 97.1 Å². The van der Waals surface area contributed by atoms with Gasteiger partial charge in [0, 0.05) is 21.3 Å². The van der Waals surface area contributed by atoms with Gasteiger partial charge in [-0.25, -0.2) is 0 Å². The first-order valence-electron chi connectivity index (χ1n) is 12.2. The van der Waals surface area contributed by atoms with Crippen molar-refractivity contribution in [2.75, 3.05) is 21.3 Å². The predicted molar refractivity (Wildman–Crippen MR) is 158 cm³/mol. The zero-order chi connectivity index (χ0) is 27.6. The zero-order valence-electron chi connectivity index (χ0n) is 23.6. The summed E-state index contributed by atoms with van der Waals surface area (Å²) in [6.07, 6.45) is 0. The summed E-state index contributed by atoms with van der Waals surface area (Å²) in [4.78, 5) is 0. The molecule has 0 amide bonds. The number of benzene rings is 4. The third-order valence-electron chi connectivity index (χ3n) is 3.32. The van der Waals surface area contributed by atoms with Crippen molar-refractivity contribution in [1.82, 2.24) is 0 Å². The van der Waals surface area contributed by atoms with E-state index in [-0.39, 0.29) is 0 Å². The van der Waals surface area contributed by atoms with Gasteiger partial charge in [0.15, 0.2) is 0 Å². The van der Waals surface area contributed by atoms with Gasteiger partial charge in [0.25, 0.3) is 0 Å². The first kappa shape index (κ1) is 41.5. The molecule has 0 aliphatic heterocycles. The fraction of sp³-hybridized carbons (Fsp3) is 0.355. The maximum Gasteiger partial charge on any atom is 0.0319 e. The van der Waals surface area contributed by atoms with E-state index in [4.69, 9.17) is 15.3 Å². The first-order chi connectivity index (χ1) is 16.9. The molecule has 0 unspecified atom stereocenters. The summed E-state index contributed by atoms with van der Waals surface area (Å²) in [6, 6.07) is 33.4. The molecule has 3 heteroatoms. The Labute approximate surface area is 210 Å². The Kier molecular flexibility index (Phi) is 49.6. The van der Waals surface area contributed by atoms with Crippen LogP contribution in [-0.4, -0.2) is 36.6 Å². The van der Waals surface area contributed by atoms with Crippen LogP contribution in [0.1, 0.15) is 55.4 Å². The van der Waals surface area contributed by atoms with Gasteiger partial charge in [-0.1, -0.05) is 152 Å². The molecule has 0 aliphatic carbocycles. The lowest BCUT2D eigenvalue weighted by Crippen LogP contribution is -1.67. The molecule has 0 bridgehead atoms. The maximum atomic E-state index is 7.00. The second kappa shape index (κ2) is 40.6. The molecule has 3 nitrogen and oxygen atoms in total. The number of hydrogen-bond donors (Lipinski definition) is 3. The van der Waals surface area contributed by atoms with Crippen molar-refractivity contribution < 1.29 is 15.3 Å². The minimum atomic E-state index is 1.00. The van der Waals surface area contributed by atoms with E-state index in [1.54, 1.807) is 0 Å². The van der Waals surface area contributed by atoms with Crippen LogP contribution in [0.5, 0.6) is 0 Å². The van der Waals surface area contributed by atoms with Crippen LogP contribution in [-0.2, 0) is 0 Å². The normalized spacial score (nSPS) is 7.12. The van der Waals surface area contributed by atoms with Gasteiger partial charge in [-0.2, -0.15) is 0 Å². The average molecular weight is 473 g/mol. The minimum Gasteiger partial charge on any atom is -0.400 e. The molecule has 0 saturated heterocycles. The van der Waals surface area contributed by atoms with Gasteiger partial charge < -0.3 is 15.3 Å². The van der Waals surface area contributed by atoms with Crippen molar-refractivity contribution >= 4 is 21.5 Å². The molecule has 0 heterocycles. The number of fused-ring (bicyclic) bond motifs is 2. The van der Waals surface area contributed by atoms with Crippen LogP contribution in [0, 0.1) is 0 Å². The quantitative estimate of drug-likeness (QED) is 0.240. The molecule has 34 heavy (non-hydrogen) atoms. The molecule has 0 saturated carbocycles. The maximum absolute atomic E-state index is 7.00. The smallest absolute Gasteiger partial charge is 0.0319 e. The molecule has 4 aromatic rings. The van der Waals surface area contributed by atoms with Crippen LogP contribution in [0.3, 0.4) is 0 Å². The van der Waals surface area contributed by atoms with Crippen molar-refractivity contribution in [1.29, 1.82) is 0 Å². The van der Waals surface area contributed by atoms with Crippen LogP contribution >= 0.6 is 0 Å². The van der Waals surface area contributed by atoms with E-state index in [0.29, 0.717) is 0 Å². The second-order valence-electron chi connectivity index (χ2n) is 4.69.